The summed E-state index contributed by atoms with van der Waals surface area (Å²) >= 11 is 5.52. The number of aromatic carboxylic acids is 1. The summed E-state index contributed by atoms with van der Waals surface area (Å²) in [6.45, 7) is 0. The van der Waals surface area contributed by atoms with E-state index in [0.717, 1.165) is 0 Å². The molecule has 6 nitrogen and oxygen atoms in total. The third-order valence-electron chi connectivity index (χ3n) is 1.56. The van der Waals surface area contributed by atoms with Crippen molar-refractivity contribution in [3.8, 4) is 11.3 Å². The number of hydrogen-bond acceptors (Lipinski definition) is 5. The zero-order valence-corrected chi connectivity index (χ0v) is 7.35. The van der Waals surface area contributed by atoms with E-state index in [1.165, 1.54) is 12.5 Å². The van der Waals surface area contributed by atoms with Gasteiger partial charge in [-0.25, -0.2) is 4.79 Å². The molecule has 0 saturated heterocycles. The molecule has 7 heteroatoms. The normalized spacial score (nSPS) is 10.4. The van der Waals surface area contributed by atoms with Crippen molar-refractivity contribution in [1.29, 1.82) is 0 Å². The largest absolute Gasteiger partial charge is 0.477 e. The highest BCUT2D eigenvalue weighted by atomic mass is 35.5. The molecule has 1 N–H and O–H groups in total. The molecule has 0 saturated carbocycles. The van der Waals surface area contributed by atoms with Crippen molar-refractivity contribution in [2.45, 2.75) is 0 Å². The first-order chi connectivity index (χ1) is 6.70. The lowest BCUT2D eigenvalue weighted by Gasteiger charge is -1.90. The number of hydrogen-bond donors (Lipinski definition) is 1. The highest BCUT2D eigenvalue weighted by molar-refractivity contribution is 6.32. The lowest BCUT2D eigenvalue weighted by atomic mass is 10.2. The van der Waals surface area contributed by atoms with Gasteiger partial charge in [-0.1, -0.05) is 21.9 Å². The first kappa shape index (κ1) is 8.76. The van der Waals surface area contributed by atoms with Crippen molar-refractivity contribution in [3.05, 3.63) is 23.2 Å². The highest BCUT2D eigenvalue weighted by Gasteiger charge is 2.23. The highest BCUT2D eigenvalue weighted by Crippen LogP contribution is 2.28. The number of nitrogens with zero attached hydrogens (tertiary/aromatic N) is 2. The predicted molar refractivity (Wildman–Crippen MR) is 44.0 cm³/mol. The Bertz CT molecular complexity index is 462. The standard InChI is InChI=1S/C7H3ClN2O4/c8-6-4(7(11)12)5(14-10-6)3-1-9-13-2-3/h1-2H,(H,11,12). The van der Waals surface area contributed by atoms with E-state index in [1.807, 2.05) is 0 Å². The minimum Gasteiger partial charge on any atom is -0.477 e. The molecule has 14 heavy (non-hydrogen) atoms. The van der Waals surface area contributed by atoms with Crippen LogP contribution in [0.1, 0.15) is 10.4 Å². The van der Waals surface area contributed by atoms with E-state index >= 15 is 0 Å². The van der Waals surface area contributed by atoms with Crippen molar-refractivity contribution in [2.75, 3.05) is 0 Å². The lowest BCUT2D eigenvalue weighted by Crippen LogP contribution is -1.96. The fourth-order valence-corrected chi connectivity index (χ4v) is 1.17. The Morgan fingerprint density at radius 3 is 2.93 bits per heavy atom. The number of carbonyl (C=O) groups is 1. The molecule has 0 aliphatic rings. The van der Waals surface area contributed by atoms with Crippen molar-refractivity contribution >= 4 is 17.6 Å². The number of rotatable bonds is 2. The molecule has 2 rings (SSSR count). The summed E-state index contributed by atoms with van der Waals surface area (Å²) in [5.74, 6) is -1.18. The van der Waals surface area contributed by atoms with E-state index in [2.05, 4.69) is 14.8 Å². The SMILES string of the molecule is O=C(O)c1c(Cl)noc1-c1cnoc1. The summed E-state index contributed by atoms with van der Waals surface area (Å²) in [7, 11) is 0. The number of carboxylic acids is 1. The molecule has 0 aromatic carbocycles. The zero-order valence-electron chi connectivity index (χ0n) is 6.60. The molecule has 0 aliphatic carbocycles. The Labute approximate surface area is 82.0 Å². The Morgan fingerprint density at radius 2 is 2.36 bits per heavy atom. The van der Waals surface area contributed by atoms with Gasteiger partial charge in [0.2, 0.25) is 0 Å². The van der Waals surface area contributed by atoms with Crippen molar-refractivity contribution < 1.29 is 18.9 Å². The third kappa shape index (κ3) is 1.25. The average Bonchev–Trinajstić information content (AvgIpc) is 2.70. The molecular weight excluding hydrogens is 212 g/mol. The molecule has 0 radical (unpaired) electrons. The summed E-state index contributed by atoms with van der Waals surface area (Å²) in [6, 6.07) is 0. The molecule has 72 valence electrons. The summed E-state index contributed by atoms with van der Waals surface area (Å²) < 4.78 is 9.28. The predicted octanol–water partition coefficient (Wildman–Crippen LogP) is 1.68. The van der Waals surface area contributed by atoms with Gasteiger partial charge >= 0.3 is 5.97 Å². The summed E-state index contributed by atoms with van der Waals surface area (Å²) in [5.41, 5.74) is 0.177. The van der Waals surface area contributed by atoms with Crippen LogP contribution in [-0.2, 0) is 0 Å². The van der Waals surface area contributed by atoms with Crippen LogP contribution >= 0.6 is 11.6 Å². The van der Waals surface area contributed by atoms with Gasteiger partial charge in [-0.05, 0) is 0 Å². The second-order valence-electron chi connectivity index (χ2n) is 2.40. The molecule has 2 aromatic heterocycles. The van der Waals surface area contributed by atoms with E-state index < -0.39 is 5.97 Å². The summed E-state index contributed by atoms with van der Waals surface area (Å²) in [4.78, 5) is 10.8. The van der Waals surface area contributed by atoms with Crippen LogP contribution in [-0.4, -0.2) is 21.4 Å². The molecule has 0 atom stereocenters. The van der Waals surface area contributed by atoms with Gasteiger partial charge in [0.25, 0.3) is 0 Å². The first-order valence-corrected chi connectivity index (χ1v) is 3.86. The molecule has 0 spiro atoms. The Kier molecular flexibility index (Phi) is 1.97. The van der Waals surface area contributed by atoms with Crippen LogP contribution < -0.4 is 0 Å². The van der Waals surface area contributed by atoms with Crippen LogP contribution in [0.25, 0.3) is 11.3 Å². The fourth-order valence-electron chi connectivity index (χ4n) is 0.970. The molecule has 0 amide bonds. The van der Waals surface area contributed by atoms with E-state index in [4.69, 9.17) is 21.2 Å². The molecule has 0 aliphatic heterocycles. The van der Waals surface area contributed by atoms with Crippen LogP contribution in [0.5, 0.6) is 0 Å². The van der Waals surface area contributed by atoms with Crippen molar-refractivity contribution in [1.82, 2.24) is 10.3 Å². The molecular formula is C7H3ClN2O4. The molecule has 0 fully saturated rings. The van der Waals surface area contributed by atoms with Gasteiger partial charge in [-0.3, -0.25) is 0 Å². The molecule has 2 heterocycles. The van der Waals surface area contributed by atoms with E-state index in [0.29, 0.717) is 5.56 Å². The van der Waals surface area contributed by atoms with Crippen LogP contribution in [0.2, 0.25) is 5.15 Å². The smallest absolute Gasteiger partial charge is 0.342 e. The van der Waals surface area contributed by atoms with Crippen LogP contribution in [0.15, 0.2) is 21.5 Å². The third-order valence-corrected chi connectivity index (χ3v) is 1.82. The maximum Gasteiger partial charge on any atom is 0.342 e. The number of carboxylic acid groups (broad SMARTS) is 1. The number of halogens is 1. The van der Waals surface area contributed by atoms with Gasteiger partial charge in [-0.2, -0.15) is 0 Å². The molecule has 0 bridgehead atoms. The number of aromatic nitrogens is 2. The topological polar surface area (TPSA) is 89.4 Å². The van der Waals surface area contributed by atoms with Crippen molar-refractivity contribution in [3.63, 3.8) is 0 Å². The average molecular weight is 215 g/mol. The maximum atomic E-state index is 10.8. The van der Waals surface area contributed by atoms with Gasteiger partial charge in [0.05, 0.1) is 11.8 Å². The van der Waals surface area contributed by atoms with Crippen LogP contribution in [0.3, 0.4) is 0 Å². The minimum absolute atomic E-state index is 0.0313. The Balaban J connectivity index is 2.60. The monoisotopic (exact) mass is 214 g/mol. The lowest BCUT2D eigenvalue weighted by molar-refractivity contribution is 0.0697. The fraction of sp³-hybridized carbons (Fsp3) is 0. The van der Waals surface area contributed by atoms with Crippen LogP contribution in [0, 0.1) is 0 Å². The molecule has 2 aromatic rings. The molecule has 0 unspecified atom stereocenters. The van der Waals surface area contributed by atoms with Gasteiger partial charge in [-0.15, -0.1) is 0 Å². The van der Waals surface area contributed by atoms with E-state index in [-0.39, 0.29) is 16.5 Å². The quantitative estimate of drug-likeness (QED) is 0.818. The van der Waals surface area contributed by atoms with Crippen molar-refractivity contribution in [2.24, 2.45) is 0 Å². The van der Waals surface area contributed by atoms with Gasteiger partial charge < -0.3 is 14.2 Å². The van der Waals surface area contributed by atoms with Crippen LogP contribution in [0.4, 0.5) is 0 Å². The second kappa shape index (κ2) is 3.15. The van der Waals surface area contributed by atoms with E-state index in [9.17, 15) is 4.79 Å². The minimum atomic E-state index is -1.22. The van der Waals surface area contributed by atoms with E-state index in [1.54, 1.807) is 0 Å². The summed E-state index contributed by atoms with van der Waals surface area (Å²) in [6.07, 6.45) is 2.55. The van der Waals surface area contributed by atoms with Gasteiger partial charge in [0, 0.05) is 0 Å². The summed E-state index contributed by atoms with van der Waals surface area (Å²) in [5, 5.41) is 15.3. The Hall–Kier alpha value is -1.82. The second-order valence-corrected chi connectivity index (χ2v) is 2.75. The van der Waals surface area contributed by atoms with Gasteiger partial charge in [0.1, 0.15) is 11.8 Å². The Morgan fingerprint density at radius 1 is 1.57 bits per heavy atom. The first-order valence-electron chi connectivity index (χ1n) is 3.48. The zero-order chi connectivity index (χ0) is 10.1. The van der Waals surface area contributed by atoms with Gasteiger partial charge in [0.15, 0.2) is 10.9 Å². The maximum absolute atomic E-state index is 10.8.